The van der Waals surface area contributed by atoms with Crippen molar-refractivity contribution in [2.24, 2.45) is 11.7 Å². The van der Waals surface area contributed by atoms with E-state index in [0.29, 0.717) is 4.47 Å². The molecule has 1 aromatic heterocycles. The monoisotopic (exact) mass is 399 g/mol. The molecule has 120 valence electrons. The number of amides is 1. The first kappa shape index (κ1) is 20.4. The molecule has 0 aromatic carbocycles. The van der Waals surface area contributed by atoms with Crippen molar-refractivity contribution in [2.75, 3.05) is 5.32 Å². The van der Waals surface area contributed by atoms with Gasteiger partial charge in [0.25, 0.3) is 5.56 Å². The fourth-order valence-electron chi connectivity index (χ4n) is 2.56. The van der Waals surface area contributed by atoms with Crippen LogP contribution in [0.4, 0.5) is 5.69 Å². The maximum Gasteiger partial charge on any atom is 0.271 e. The summed E-state index contributed by atoms with van der Waals surface area (Å²) in [5, 5.41) is 2.68. The first-order valence-corrected chi connectivity index (χ1v) is 7.17. The predicted octanol–water partition coefficient (Wildman–Crippen LogP) is 2.83. The fraction of sp³-hybridized carbons (Fsp3) is 0.538. The molecule has 2 unspecified atom stereocenters. The van der Waals surface area contributed by atoms with E-state index in [2.05, 4.69) is 26.2 Å². The summed E-state index contributed by atoms with van der Waals surface area (Å²) < 4.78 is 0.710. The second-order valence-corrected chi connectivity index (χ2v) is 6.27. The highest BCUT2D eigenvalue weighted by Gasteiger charge is 2.37. The highest BCUT2D eigenvalue weighted by atomic mass is 79.9. The molecule has 21 heavy (non-hydrogen) atoms. The van der Waals surface area contributed by atoms with Crippen LogP contribution >= 0.6 is 40.7 Å². The number of anilines is 1. The molecule has 1 aromatic rings. The Kier molecular flexibility index (Phi) is 7.95. The first-order chi connectivity index (χ1) is 8.90. The minimum atomic E-state index is -0.499. The number of carbonyl (C=O) groups excluding carboxylic acids is 1. The number of rotatable bonds is 2. The van der Waals surface area contributed by atoms with Crippen molar-refractivity contribution in [3.05, 3.63) is 27.1 Å². The van der Waals surface area contributed by atoms with Crippen LogP contribution in [0.15, 0.2) is 21.5 Å². The smallest absolute Gasteiger partial charge is 0.271 e. The molecule has 4 N–H and O–H groups in total. The van der Waals surface area contributed by atoms with Gasteiger partial charge in [-0.15, -0.1) is 24.8 Å². The van der Waals surface area contributed by atoms with Gasteiger partial charge in [-0.2, -0.15) is 0 Å². The number of nitrogens with two attached hydrogens (primary N) is 1. The Balaban J connectivity index is 0.00000200. The quantitative estimate of drug-likeness (QED) is 0.713. The molecule has 5 nitrogen and oxygen atoms in total. The highest BCUT2D eigenvalue weighted by molar-refractivity contribution is 9.10. The van der Waals surface area contributed by atoms with Crippen LogP contribution in [-0.2, 0) is 4.79 Å². The zero-order chi connectivity index (χ0) is 14.0. The zero-order valence-electron chi connectivity index (χ0n) is 11.6. The van der Waals surface area contributed by atoms with Crippen molar-refractivity contribution in [1.29, 1.82) is 0 Å². The van der Waals surface area contributed by atoms with Gasteiger partial charge in [-0.05, 0) is 41.8 Å². The lowest BCUT2D eigenvalue weighted by atomic mass is 9.74. The van der Waals surface area contributed by atoms with Crippen LogP contribution < -0.4 is 16.6 Å². The van der Waals surface area contributed by atoms with Gasteiger partial charge in [0.05, 0.1) is 5.92 Å². The molecule has 2 atom stereocenters. The van der Waals surface area contributed by atoms with Crippen LogP contribution in [-0.4, -0.2) is 16.4 Å². The molecule has 1 saturated carbocycles. The predicted molar refractivity (Wildman–Crippen MR) is 92.4 cm³/mol. The zero-order valence-corrected chi connectivity index (χ0v) is 14.9. The SMILES string of the molecule is CC1(N)CCCCC1C(=O)Nc1cc(Br)c[nH]c1=O.Cl.Cl. The van der Waals surface area contributed by atoms with Gasteiger partial charge in [0.15, 0.2) is 0 Å². The van der Waals surface area contributed by atoms with Crippen molar-refractivity contribution in [1.82, 2.24) is 4.98 Å². The average Bonchev–Trinajstić information content (AvgIpc) is 2.33. The number of pyridine rings is 1. The van der Waals surface area contributed by atoms with Gasteiger partial charge in [-0.3, -0.25) is 9.59 Å². The lowest BCUT2D eigenvalue weighted by Crippen LogP contribution is -2.51. The summed E-state index contributed by atoms with van der Waals surface area (Å²) in [6.07, 6.45) is 5.18. The van der Waals surface area contributed by atoms with Gasteiger partial charge >= 0.3 is 0 Å². The maximum atomic E-state index is 12.3. The Morgan fingerprint density at radius 3 is 2.76 bits per heavy atom. The minimum Gasteiger partial charge on any atom is -0.326 e. The van der Waals surface area contributed by atoms with Gasteiger partial charge < -0.3 is 16.0 Å². The van der Waals surface area contributed by atoms with Crippen molar-refractivity contribution in [2.45, 2.75) is 38.1 Å². The minimum absolute atomic E-state index is 0. The van der Waals surface area contributed by atoms with Crippen LogP contribution in [0.3, 0.4) is 0 Å². The van der Waals surface area contributed by atoms with Crippen LogP contribution in [0.5, 0.6) is 0 Å². The summed E-state index contributed by atoms with van der Waals surface area (Å²) in [6, 6.07) is 1.59. The Labute approximate surface area is 144 Å². The van der Waals surface area contributed by atoms with Gasteiger partial charge in [0, 0.05) is 16.2 Å². The maximum absolute atomic E-state index is 12.3. The number of hydrogen-bond donors (Lipinski definition) is 3. The number of H-pyrrole nitrogens is 1. The van der Waals surface area contributed by atoms with E-state index >= 15 is 0 Å². The molecule has 1 fully saturated rings. The third kappa shape index (κ3) is 4.98. The molecule has 1 aliphatic rings. The summed E-state index contributed by atoms with van der Waals surface area (Å²) in [5.74, 6) is -0.423. The van der Waals surface area contributed by atoms with E-state index in [-0.39, 0.29) is 47.9 Å². The lowest BCUT2D eigenvalue weighted by Gasteiger charge is -2.37. The molecule has 0 saturated heterocycles. The summed E-state index contributed by atoms with van der Waals surface area (Å²) in [5.41, 5.74) is 5.63. The van der Waals surface area contributed by atoms with Crippen LogP contribution in [0.2, 0.25) is 0 Å². The number of nitrogens with one attached hydrogen (secondary N) is 2. The average molecular weight is 401 g/mol. The van der Waals surface area contributed by atoms with Crippen LogP contribution in [0.1, 0.15) is 32.6 Å². The molecular formula is C13H20BrCl2N3O2. The molecule has 1 heterocycles. The summed E-state index contributed by atoms with van der Waals surface area (Å²) >= 11 is 3.26. The van der Waals surface area contributed by atoms with E-state index in [4.69, 9.17) is 5.73 Å². The van der Waals surface area contributed by atoms with E-state index in [9.17, 15) is 9.59 Å². The van der Waals surface area contributed by atoms with E-state index in [1.165, 1.54) is 6.20 Å². The number of aromatic nitrogens is 1. The number of carbonyl (C=O) groups is 1. The highest BCUT2D eigenvalue weighted by Crippen LogP contribution is 2.32. The second-order valence-electron chi connectivity index (χ2n) is 5.35. The first-order valence-electron chi connectivity index (χ1n) is 6.38. The molecule has 0 radical (unpaired) electrons. The standard InChI is InChI=1S/C13H18BrN3O2.2ClH/c1-13(15)5-3-2-4-9(13)11(18)17-10-6-8(14)7-16-12(10)19;;/h6-7,9H,2-5,15H2,1H3,(H,16,19)(H,17,18);2*1H. The summed E-state index contributed by atoms with van der Waals surface area (Å²) in [7, 11) is 0. The summed E-state index contributed by atoms with van der Waals surface area (Å²) in [6.45, 7) is 1.90. The Bertz CT molecular complexity index is 548. The summed E-state index contributed by atoms with van der Waals surface area (Å²) in [4.78, 5) is 26.5. The number of hydrogen-bond acceptors (Lipinski definition) is 3. The lowest BCUT2D eigenvalue weighted by molar-refractivity contribution is -0.122. The van der Waals surface area contributed by atoms with Gasteiger partial charge in [0.1, 0.15) is 5.69 Å². The normalized spacial score (nSPS) is 24.4. The number of halogens is 3. The third-order valence-corrected chi connectivity index (χ3v) is 4.15. The van der Waals surface area contributed by atoms with Crippen molar-refractivity contribution in [3.63, 3.8) is 0 Å². The Morgan fingerprint density at radius 1 is 1.48 bits per heavy atom. The number of aromatic amines is 1. The van der Waals surface area contributed by atoms with Gasteiger partial charge in [-0.25, -0.2) is 0 Å². The molecule has 0 bridgehead atoms. The Morgan fingerprint density at radius 2 is 2.14 bits per heavy atom. The molecule has 0 spiro atoms. The van der Waals surface area contributed by atoms with Crippen molar-refractivity contribution < 1.29 is 4.79 Å². The molecule has 1 aliphatic carbocycles. The fourth-order valence-corrected chi connectivity index (χ4v) is 2.90. The molecular weight excluding hydrogens is 381 g/mol. The van der Waals surface area contributed by atoms with Crippen molar-refractivity contribution >= 4 is 52.3 Å². The third-order valence-electron chi connectivity index (χ3n) is 3.70. The molecule has 2 rings (SSSR count). The molecule has 0 aliphatic heterocycles. The van der Waals surface area contributed by atoms with E-state index in [1.54, 1.807) is 6.07 Å². The largest absolute Gasteiger partial charge is 0.326 e. The second kappa shape index (κ2) is 8.17. The van der Waals surface area contributed by atoms with Crippen molar-refractivity contribution in [3.8, 4) is 0 Å². The topological polar surface area (TPSA) is 88.0 Å². The van der Waals surface area contributed by atoms with E-state index in [1.807, 2.05) is 6.92 Å². The van der Waals surface area contributed by atoms with Crippen LogP contribution in [0, 0.1) is 5.92 Å². The molecule has 1 amide bonds. The Hall–Kier alpha value is -0.560. The van der Waals surface area contributed by atoms with E-state index in [0.717, 1.165) is 25.7 Å². The van der Waals surface area contributed by atoms with E-state index < -0.39 is 5.54 Å². The van der Waals surface area contributed by atoms with Gasteiger partial charge in [0.2, 0.25) is 5.91 Å². The molecule has 8 heteroatoms. The van der Waals surface area contributed by atoms with Crippen LogP contribution in [0.25, 0.3) is 0 Å². The van der Waals surface area contributed by atoms with Gasteiger partial charge in [-0.1, -0.05) is 12.8 Å².